The number of anilines is 1. The molecule has 2 heterocycles. The van der Waals surface area contributed by atoms with Gasteiger partial charge in [-0.1, -0.05) is 27.2 Å². The molecule has 0 spiro atoms. The second kappa shape index (κ2) is 8.75. The topological polar surface area (TPSA) is 135 Å². The largest absolute Gasteiger partial charge is 0.439 e. The predicted octanol–water partition coefficient (Wildman–Crippen LogP) is 2.07. The standard InChI is InChI=1S/C19H17BrN4O6S/c20-13-4-5-16(15(11-13)17-22-19(26)30-23-17)21-18(25)12-2-1-3-14(10-12)31(27,28)24-6-8-29-9-7-24/h1-5,10-11H,6-9H2,(H,21,25)(H,22,23,26). The quantitative estimate of drug-likeness (QED) is 0.538. The molecule has 0 radical (unpaired) electrons. The Morgan fingerprint density at radius 2 is 1.94 bits per heavy atom. The van der Waals surface area contributed by atoms with Gasteiger partial charge in [-0.15, -0.1) is 0 Å². The lowest BCUT2D eigenvalue weighted by Crippen LogP contribution is -2.40. The first-order valence-corrected chi connectivity index (χ1v) is 11.4. The van der Waals surface area contributed by atoms with Crippen molar-refractivity contribution in [3.63, 3.8) is 0 Å². The first-order valence-electron chi connectivity index (χ1n) is 9.20. The van der Waals surface area contributed by atoms with Crippen LogP contribution in [0.4, 0.5) is 5.69 Å². The smallest absolute Gasteiger partial charge is 0.379 e. The van der Waals surface area contributed by atoms with Crippen LogP contribution in [0.3, 0.4) is 0 Å². The van der Waals surface area contributed by atoms with Crippen LogP contribution in [0.2, 0.25) is 0 Å². The third kappa shape index (κ3) is 4.61. The van der Waals surface area contributed by atoms with E-state index in [1.54, 1.807) is 18.2 Å². The molecule has 1 fully saturated rings. The molecule has 2 aromatic carbocycles. The van der Waals surface area contributed by atoms with E-state index < -0.39 is 21.7 Å². The molecule has 4 rings (SSSR count). The van der Waals surface area contributed by atoms with Crippen LogP contribution >= 0.6 is 15.9 Å². The van der Waals surface area contributed by atoms with E-state index in [0.717, 1.165) is 0 Å². The van der Waals surface area contributed by atoms with Gasteiger partial charge in [0.15, 0.2) is 5.82 Å². The highest BCUT2D eigenvalue weighted by Crippen LogP contribution is 2.29. The number of nitrogens with zero attached hydrogens (tertiary/aromatic N) is 2. The molecular formula is C19H17BrN4O6S. The zero-order valence-electron chi connectivity index (χ0n) is 16.0. The van der Waals surface area contributed by atoms with E-state index >= 15 is 0 Å². The molecule has 0 saturated carbocycles. The number of sulfonamides is 1. The molecule has 0 aliphatic carbocycles. The zero-order valence-corrected chi connectivity index (χ0v) is 18.4. The fraction of sp³-hybridized carbons (Fsp3) is 0.211. The average molecular weight is 509 g/mol. The Morgan fingerprint density at radius 1 is 1.16 bits per heavy atom. The fourth-order valence-electron chi connectivity index (χ4n) is 3.10. The summed E-state index contributed by atoms with van der Waals surface area (Å²) in [6, 6.07) is 10.8. The van der Waals surface area contributed by atoms with Gasteiger partial charge in [-0.05, 0) is 36.4 Å². The van der Waals surface area contributed by atoms with Crippen LogP contribution < -0.4 is 11.1 Å². The summed E-state index contributed by atoms with van der Waals surface area (Å²) in [6.07, 6.45) is 0. The maximum Gasteiger partial charge on any atom is 0.439 e. The molecule has 31 heavy (non-hydrogen) atoms. The highest BCUT2D eigenvalue weighted by Gasteiger charge is 2.27. The van der Waals surface area contributed by atoms with Gasteiger partial charge in [0, 0.05) is 28.7 Å². The van der Waals surface area contributed by atoms with Gasteiger partial charge in [0.2, 0.25) is 10.0 Å². The predicted molar refractivity (Wildman–Crippen MR) is 114 cm³/mol. The molecule has 1 amide bonds. The van der Waals surface area contributed by atoms with Crippen LogP contribution in [0.5, 0.6) is 0 Å². The number of halogens is 1. The summed E-state index contributed by atoms with van der Waals surface area (Å²) >= 11 is 3.34. The van der Waals surface area contributed by atoms with Gasteiger partial charge in [0.1, 0.15) is 0 Å². The summed E-state index contributed by atoms with van der Waals surface area (Å²) in [5.74, 6) is -1.10. The van der Waals surface area contributed by atoms with Crippen LogP contribution in [0, 0.1) is 0 Å². The highest BCUT2D eigenvalue weighted by molar-refractivity contribution is 9.10. The maximum absolute atomic E-state index is 12.9. The van der Waals surface area contributed by atoms with E-state index in [1.165, 1.54) is 28.6 Å². The Hall–Kier alpha value is -2.80. The normalized spacial score (nSPS) is 15.0. The second-order valence-electron chi connectivity index (χ2n) is 6.63. The van der Waals surface area contributed by atoms with E-state index in [9.17, 15) is 18.0 Å². The van der Waals surface area contributed by atoms with Crippen molar-refractivity contribution < 1.29 is 22.5 Å². The molecular weight excluding hydrogens is 492 g/mol. The Kier molecular flexibility index (Phi) is 6.05. The number of hydrogen-bond donors (Lipinski definition) is 2. The van der Waals surface area contributed by atoms with E-state index in [2.05, 4.69) is 35.9 Å². The Morgan fingerprint density at radius 3 is 2.65 bits per heavy atom. The van der Waals surface area contributed by atoms with Crippen molar-refractivity contribution in [2.24, 2.45) is 0 Å². The van der Waals surface area contributed by atoms with Crippen LogP contribution in [0.25, 0.3) is 11.4 Å². The number of nitrogens with one attached hydrogen (secondary N) is 2. The number of ether oxygens (including phenoxy) is 1. The first-order chi connectivity index (χ1) is 14.8. The number of carbonyl (C=O) groups excluding carboxylic acids is 1. The lowest BCUT2D eigenvalue weighted by molar-refractivity contribution is 0.0730. The van der Waals surface area contributed by atoms with Crippen LogP contribution in [-0.2, 0) is 14.8 Å². The Balaban J connectivity index is 1.62. The van der Waals surface area contributed by atoms with Gasteiger partial charge in [-0.2, -0.15) is 4.31 Å². The van der Waals surface area contributed by atoms with E-state index in [0.29, 0.717) is 28.9 Å². The third-order valence-corrected chi connectivity index (χ3v) is 7.02. The maximum atomic E-state index is 12.9. The summed E-state index contributed by atoms with van der Waals surface area (Å²) in [7, 11) is -3.74. The van der Waals surface area contributed by atoms with Crippen LogP contribution in [0.1, 0.15) is 10.4 Å². The summed E-state index contributed by atoms with van der Waals surface area (Å²) in [5.41, 5.74) is 0.946. The minimum absolute atomic E-state index is 0.0268. The van der Waals surface area contributed by atoms with Crippen molar-refractivity contribution in [1.29, 1.82) is 0 Å². The molecule has 3 aromatic rings. The molecule has 12 heteroatoms. The third-order valence-electron chi connectivity index (χ3n) is 4.63. The van der Waals surface area contributed by atoms with E-state index in [1.807, 2.05) is 0 Å². The number of carbonyl (C=O) groups is 1. The number of amides is 1. The van der Waals surface area contributed by atoms with Crippen molar-refractivity contribution in [2.75, 3.05) is 31.6 Å². The summed E-state index contributed by atoms with van der Waals surface area (Å²) in [4.78, 5) is 26.7. The number of rotatable bonds is 5. The second-order valence-corrected chi connectivity index (χ2v) is 9.49. The Labute approximate surface area is 185 Å². The first kappa shape index (κ1) is 21.4. The molecule has 1 aliphatic heterocycles. The van der Waals surface area contributed by atoms with Gasteiger partial charge in [0.05, 0.1) is 23.8 Å². The SMILES string of the molecule is O=C(Nc1ccc(Br)cc1-c1noc(=O)[nH]1)c1cccc(S(=O)(=O)N2CCOCC2)c1. The number of morpholine rings is 1. The molecule has 0 bridgehead atoms. The van der Waals surface area contributed by atoms with E-state index in [-0.39, 0.29) is 29.4 Å². The average Bonchev–Trinajstić information content (AvgIpc) is 3.21. The van der Waals surface area contributed by atoms with Crippen molar-refractivity contribution >= 4 is 37.5 Å². The van der Waals surface area contributed by atoms with Crippen LogP contribution in [-0.4, -0.2) is 55.1 Å². The molecule has 0 unspecified atom stereocenters. The van der Waals surface area contributed by atoms with Crippen molar-refractivity contribution in [3.05, 3.63) is 63.1 Å². The van der Waals surface area contributed by atoms with E-state index in [4.69, 9.17) is 4.74 Å². The van der Waals surface area contributed by atoms with Gasteiger partial charge in [0.25, 0.3) is 5.91 Å². The summed E-state index contributed by atoms with van der Waals surface area (Å²) in [5, 5.41) is 6.38. The molecule has 10 nitrogen and oxygen atoms in total. The summed E-state index contributed by atoms with van der Waals surface area (Å²) in [6.45, 7) is 1.18. The minimum Gasteiger partial charge on any atom is -0.379 e. The summed E-state index contributed by atoms with van der Waals surface area (Å²) < 4.78 is 37.5. The lowest BCUT2D eigenvalue weighted by Gasteiger charge is -2.26. The van der Waals surface area contributed by atoms with Gasteiger partial charge >= 0.3 is 5.76 Å². The molecule has 162 valence electrons. The number of aromatic amines is 1. The minimum atomic E-state index is -3.74. The fourth-order valence-corrected chi connectivity index (χ4v) is 4.91. The van der Waals surface area contributed by atoms with Gasteiger partial charge < -0.3 is 10.1 Å². The number of benzene rings is 2. The van der Waals surface area contributed by atoms with Gasteiger partial charge in [-0.25, -0.2) is 13.2 Å². The monoisotopic (exact) mass is 508 g/mol. The zero-order chi connectivity index (χ0) is 22.0. The Bertz CT molecular complexity index is 1280. The lowest BCUT2D eigenvalue weighted by atomic mass is 10.1. The number of H-pyrrole nitrogens is 1. The molecule has 1 saturated heterocycles. The number of hydrogen-bond acceptors (Lipinski definition) is 7. The van der Waals surface area contributed by atoms with Crippen LogP contribution in [0.15, 0.2) is 61.2 Å². The highest BCUT2D eigenvalue weighted by atomic mass is 79.9. The van der Waals surface area contributed by atoms with Gasteiger partial charge in [-0.3, -0.25) is 14.3 Å². The van der Waals surface area contributed by atoms with Crippen molar-refractivity contribution in [3.8, 4) is 11.4 Å². The molecule has 1 aliphatic rings. The van der Waals surface area contributed by atoms with Crippen molar-refractivity contribution in [1.82, 2.24) is 14.4 Å². The molecule has 0 atom stereocenters. The molecule has 1 aromatic heterocycles. The van der Waals surface area contributed by atoms with Crippen molar-refractivity contribution in [2.45, 2.75) is 4.90 Å². The molecule has 2 N–H and O–H groups in total. The number of aromatic nitrogens is 2.